The highest BCUT2D eigenvalue weighted by molar-refractivity contribution is 7.99. The van der Waals surface area contributed by atoms with Gasteiger partial charge in [0.2, 0.25) is 11.8 Å². The Balaban J connectivity index is 1.52. The van der Waals surface area contributed by atoms with Gasteiger partial charge in [-0.2, -0.15) is 0 Å². The minimum atomic E-state index is -0.0786. The van der Waals surface area contributed by atoms with Gasteiger partial charge in [-0.3, -0.25) is 14.9 Å². The zero-order chi connectivity index (χ0) is 11.8. The van der Waals surface area contributed by atoms with E-state index in [-0.39, 0.29) is 23.9 Å². The highest BCUT2D eigenvalue weighted by Gasteiger charge is 2.40. The van der Waals surface area contributed by atoms with Gasteiger partial charge in [-0.1, -0.05) is 0 Å². The van der Waals surface area contributed by atoms with Crippen LogP contribution >= 0.6 is 11.8 Å². The highest BCUT2D eigenvalue weighted by Crippen LogP contribution is 2.30. The molecule has 94 valence electrons. The monoisotopic (exact) mass is 255 g/mol. The summed E-state index contributed by atoms with van der Waals surface area (Å²) in [4.78, 5) is 25.5. The summed E-state index contributed by atoms with van der Waals surface area (Å²) in [6, 6.07) is 0.401. The zero-order valence-corrected chi connectivity index (χ0v) is 10.5. The first-order valence-corrected chi connectivity index (χ1v) is 7.30. The fourth-order valence-electron chi connectivity index (χ4n) is 2.43. The smallest absolute Gasteiger partial charge is 0.238 e. The predicted octanol–water partition coefficient (Wildman–Crippen LogP) is -0.472. The molecule has 5 nitrogen and oxygen atoms in total. The van der Waals surface area contributed by atoms with Crippen LogP contribution in [0.5, 0.6) is 0 Å². The number of hydrogen-bond donors (Lipinski definition) is 2. The van der Waals surface area contributed by atoms with Gasteiger partial charge in [0.15, 0.2) is 0 Å². The summed E-state index contributed by atoms with van der Waals surface area (Å²) in [6.07, 6.45) is 2.74. The summed E-state index contributed by atoms with van der Waals surface area (Å²) < 4.78 is 0. The summed E-state index contributed by atoms with van der Waals surface area (Å²) in [7, 11) is 0. The van der Waals surface area contributed by atoms with E-state index in [4.69, 9.17) is 0 Å². The Labute approximate surface area is 105 Å². The maximum atomic E-state index is 11.9. The van der Waals surface area contributed by atoms with Gasteiger partial charge >= 0.3 is 0 Å². The van der Waals surface area contributed by atoms with E-state index >= 15 is 0 Å². The topological polar surface area (TPSA) is 61.4 Å². The zero-order valence-electron chi connectivity index (χ0n) is 9.65. The van der Waals surface area contributed by atoms with Crippen molar-refractivity contribution in [1.82, 2.24) is 15.5 Å². The molecule has 0 bridgehead atoms. The number of rotatable bonds is 3. The van der Waals surface area contributed by atoms with E-state index in [1.54, 1.807) is 11.8 Å². The van der Waals surface area contributed by atoms with Crippen LogP contribution in [0.3, 0.4) is 0 Å². The first-order chi connectivity index (χ1) is 8.24. The minimum Gasteiger partial charge on any atom is -0.350 e. The maximum Gasteiger partial charge on any atom is 0.238 e. The van der Waals surface area contributed by atoms with Crippen LogP contribution < -0.4 is 10.6 Å². The molecule has 2 heterocycles. The Bertz CT molecular complexity index is 340. The first-order valence-electron chi connectivity index (χ1n) is 6.15. The third-order valence-electron chi connectivity index (χ3n) is 3.53. The number of nitrogens with zero attached hydrogens (tertiary/aromatic N) is 1. The Morgan fingerprint density at radius 2 is 2.29 bits per heavy atom. The van der Waals surface area contributed by atoms with Gasteiger partial charge < -0.3 is 10.2 Å². The molecular weight excluding hydrogens is 238 g/mol. The summed E-state index contributed by atoms with van der Waals surface area (Å²) >= 11 is 1.74. The molecule has 1 aliphatic carbocycles. The van der Waals surface area contributed by atoms with Crippen molar-refractivity contribution in [1.29, 1.82) is 0 Å². The molecule has 0 radical (unpaired) electrons. The molecule has 2 amide bonds. The van der Waals surface area contributed by atoms with Crippen LogP contribution in [0.2, 0.25) is 0 Å². The van der Waals surface area contributed by atoms with E-state index in [9.17, 15) is 9.59 Å². The van der Waals surface area contributed by atoms with Crippen LogP contribution in [0, 0.1) is 0 Å². The quantitative estimate of drug-likeness (QED) is 0.715. The largest absolute Gasteiger partial charge is 0.350 e. The number of carbonyl (C=O) groups is 2. The summed E-state index contributed by atoms with van der Waals surface area (Å²) in [5, 5.41) is 6.13. The third-order valence-corrected chi connectivity index (χ3v) is 4.47. The van der Waals surface area contributed by atoms with Gasteiger partial charge in [0, 0.05) is 30.6 Å². The second-order valence-corrected chi connectivity index (χ2v) is 5.99. The van der Waals surface area contributed by atoms with Crippen molar-refractivity contribution < 1.29 is 9.59 Å². The Hall–Kier alpha value is -0.750. The normalized spacial score (nSPS) is 33.2. The fraction of sp³-hybridized carbons (Fsp3) is 0.818. The minimum absolute atomic E-state index is 0.0167. The number of carbonyl (C=O) groups excluding carboxylic acids is 2. The Morgan fingerprint density at radius 3 is 2.94 bits per heavy atom. The lowest BCUT2D eigenvalue weighted by molar-refractivity contribution is -0.128. The molecular formula is C11H17N3O2S. The second kappa shape index (κ2) is 4.49. The molecule has 2 aliphatic heterocycles. The lowest BCUT2D eigenvalue weighted by Crippen LogP contribution is -2.47. The number of amides is 2. The van der Waals surface area contributed by atoms with E-state index in [1.165, 1.54) is 0 Å². The molecule has 0 spiro atoms. The van der Waals surface area contributed by atoms with Crippen LogP contribution in [0.15, 0.2) is 0 Å². The number of nitrogens with one attached hydrogen (secondary N) is 2. The van der Waals surface area contributed by atoms with Crippen molar-refractivity contribution >= 4 is 23.6 Å². The van der Waals surface area contributed by atoms with Crippen molar-refractivity contribution in [2.24, 2.45) is 0 Å². The summed E-state index contributed by atoms with van der Waals surface area (Å²) in [6.45, 7) is 0.703. The van der Waals surface area contributed by atoms with E-state index in [0.29, 0.717) is 19.0 Å². The average molecular weight is 255 g/mol. The third kappa shape index (κ3) is 2.42. The van der Waals surface area contributed by atoms with Crippen LogP contribution in [0.1, 0.15) is 19.3 Å². The standard InChI is InChI=1S/C11H17N3O2S/c15-10-3-7(4-14(10)8-1-2-8)13-11(16)9-5-17-6-12-9/h7-9,12H,1-6H2,(H,13,16). The van der Waals surface area contributed by atoms with Crippen molar-refractivity contribution in [3.05, 3.63) is 0 Å². The van der Waals surface area contributed by atoms with Crippen LogP contribution in [0.4, 0.5) is 0 Å². The molecule has 2 N–H and O–H groups in total. The number of likely N-dealkylation sites (tertiary alicyclic amines) is 1. The molecule has 2 atom stereocenters. The van der Waals surface area contributed by atoms with Crippen molar-refractivity contribution in [2.75, 3.05) is 18.2 Å². The van der Waals surface area contributed by atoms with Crippen molar-refractivity contribution in [3.63, 3.8) is 0 Å². The molecule has 0 aromatic carbocycles. The van der Waals surface area contributed by atoms with Crippen LogP contribution in [-0.4, -0.2) is 53.0 Å². The van der Waals surface area contributed by atoms with E-state index in [2.05, 4.69) is 10.6 Å². The molecule has 3 fully saturated rings. The summed E-state index contributed by atoms with van der Waals surface area (Å²) in [5.41, 5.74) is 0. The molecule has 3 aliphatic rings. The second-order valence-electron chi connectivity index (χ2n) is 4.96. The van der Waals surface area contributed by atoms with Crippen LogP contribution in [0.25, 0.3) is 0 Å². The molecule has 2 unspecified atom stereocenters. The maximum absolute atomic E-state index is 11.9. The van der Waals surface area contributed by atoms with Gasteiger partial charge in [-0.25, -0.2) is 0 Å². The van der Waals surface area contributed by atoms with Crippen molar-refractivity contribution in [2.45, 2.75) is 37.4 Å². The number of hydrogen-bond acceptors (Lipinski definition) is 4. The van der Waals surface area contributed by atoms with Gasteiger partial charge in [0.05, 0.1) is 12.1 Å². The lowest BCUT2D eigenvalue weighted by atomic mass is 10.2. The summed E-state index contributed by atoms with van der Waals surface area (Å²) in [5.74, 6) is 1.92. The molecule has 3 rings (SSSR count). The Morgan fingerprint density at radius 1 is 1.47 bits per heavy atom. The predicted molar refractivity (Wildman–Crippen MR) is 65.5 cm³/mol. The average Bonchev–Trinajstić information content (AvgIpc) is 2.86. The molecule has 6 heteroatoms. The molecule has 0 aromatic heterocycles. The molecule has 17 heavy (non-hydrogen) atoms. The first kappa shape index (κ1) is 11.3. The van der Waals surface area contributed by atoms with Crippen molar-refractivity contribution in [3.8, 4) is 0 Å². The Kier molecular flexibility index (Phi) is 3.00. The van der Waals surface area contributed by atoms with Gasteiger partial charge in [-0.05, 0) is 12.8 Å². The van der Waals surface area contributed by atoms with Crippen LogP contribution in [-0.2, 0) is 9.59 Å². The van der Waals surface area contributed by atoms with Gasteiger partial charge in [-0.15, -0.1) is 11.8 Å². The molecule has 0 aromatic rings. The molecule has 2 saturated heterocycles. The lowest BCUT2D eigenvalue weighted by Gasteiger charge is -2.17. The SMILES string of the molecule is O=C(NC1CC(=O)N(C2CC2)C1)C1CSCN1. The van der Waals surface area contributed by atoms with E-state index in [1.807, 2.05) is 4.90 Å². The highest BCUT2D eigenvalue weighted by atomic mass is 32.2. The van der Waals surface area contributed by atoms with E-state index < -0.39 is 0 Å². The van der Waals surface area contributed by atoms with Gasteiger partial charge in [0.1, 0.15) is 0 Å². The molecule has 1 saturated carbocycles. The van der Waals surface area contributed by atoms with E-state index in [0.717, 1.165) is 24.5 Å². The fourth-order valence-corrected chi connectivity index (χ4v) is 3.37. The number of thioether (sulfide) groups is 1. The van der Waals surface area contributed by atoms with Gasteiger partial charge in [0.25, 0.3) is 0 Å².